The summed E-state index contributed by atoms with van der Waals surface area (Å²) in [5.74, 6) is -0.311. The molecule has 3 aromatic rings. The average Bonchev–Trinajstić information content (AvgIpc) is 3.47. The first-order valence-electron chi connectivity index (χ1n) is 11.5. The maximum atomic E-state index is 13.0. The molecule has 2 heterocycles. The molecule has 1 aliphatic heterocycles. The SMILES string of the molecule is CC(=O)Nc1ccc(C)c(C(=O)N[C@H](C)c2cccc(-c3ccc(CN4CCCC4)s3)c2)c1. The van der Waals surface area contributed by atoms with Crippen molar-refractivity contribution >= 4 is 28.8 Å². The highest BCUT2D eigenvalue weighted by Crippen LogP contribution is 2.31. The van der Waals surface area contributed by atoms with Crippen molar-refractivity contribution in [3.05, 3.63) is 76.2 Å². The number of rotatable bonds is 7. The standard InChI is InChI=1S/C27H31N3O2S/c1-18-9-10-23(29-20(3)31)16-25(18)27(32)28-19(2)21-7-6-8-22(15-21)26-12-11-24(33-26)17-30-13-4-5-14-30/h6-12,15-16,19H,4-5,13-14,17H2,1-3H3,(H,28,32)(H,29,31)/t19-/m1/s1. The summed E-state index contributed by atoms with van der Waals surface area (Å²) >= 11 is 1.85. The number of anilines is 1. The second kappa shape index (κ2) is 10.3. The number of hydrogen-bond donors (Lipinski definition) is 2. The fourth-order valence-electron chi connectivity index (χ4n) is 4.25. The van der Waals surface area contributed by atoms with Crippen LogP contribution in [0.1, 0.15) is 59.1 Å². The Morgan fingerprint density at radius 3 is 2.61 bits per heavy atom. The van der Waals surface area contributed by atoms with E-state index in [4.69, 9.17) is 0 Å². The lowest BCUT2D eigenvalue weighted by molar-refractivity contribution is -0.114. The predicted molar refractivity (Wildman–Crippen MR) is 136 cm³/mol. The minimum atomic E-state index is -0.160. The fourth-order valence-corrected chi connectivity index (χ4v) is 5.29. The van der Waals surface area contributed by atoms with E-state index in [0.29, 0.717) is 11.3 Å². The quantitative estimate of drug-likeness (QED) is 0.470. The Hall–Kier alpha value is -2.96. The minimum Gasteiger partial charge on any atom is -0.346 e. The van der Waals surface area contributed by atoms with Crippen LogP contribution in [0.2, 0.25) is 0 Å². The third kappa shape index (κ3) is 5.89. The third-order valence-electron chi connectivity index (χ3n) is 6.06. The summed E-state index contributed by atoms with van der Waals surface area (Å²) in [5, 5.41) is 5.85. The molecule has 6 heteroatoms. The van der Waals surface area contributed by atoms with Crippen LogP contribution in [0.5, 0.6) is 0 Å². The molecule has 2 amide bonds. The molecule has 33 heavy (non-hydrogen) atoms. The molecule has 172 valence electrons. The summed E-state index contributed by atoms with van der Waals surface area (Å²) in [6.07, 6.45) is 2.61. The van der Waals surface area contributed by atoms with Crippen molar-refractivity contribution in [2.45, 2.75) is 46.2 Å². The van der Waals surface area contributed by atoms with E-state index >= 15 is 0 Å². The minimum absolute atomic E-state index is 0.148. The molecule has 1 aromatic heterocycles. The molecule has 2 N–H and O–H groups in total. The van der Waals surface area contributed by atoms with Gasteiger partial charge in [0.25, 0.3) is 5.91 Å². The van der Waals surface area contributed by atoms with Crippen molar-refractivity contribution in [1.29, 1.82) is 0 Å². The third-order valence-corrected chi connectivity index (χ3v) is 7.18. The highest BCUT2D eigenvalue weighted by Gasteiger charge is 2.16. The maximum Gasteiger partial charge on any atom is 0.252 e. The highest BCUT2D eigenvalue weighted by atomic mass is 32.1. The highest BCUT2D eigenvalue weighted by molar-refractivity contribution is 7.15. The van der Waals surface area contributed by atoms with Crippen LogP contribution in [0.25, 0.3) is 10.4 Å². The molecule has 4 rings (SSSR count). The summed E-state index contributed by atoms with van der Waals surface area (Å²) in [4.78, 5) is 29.5. The van der Waals surface area contributed by atoms with Crippen molar-refractivity contribution in [3.63, 3.8) is 0 Å². The largest absolute Gasteiger partial charge is 0.346 e. The van der Waals surface area contributed by atoms with Gasteiger partial charge in [0.15, 0.2) is 0 Å². The van der Waals surface area contributed by atoms with Gasteiger partial charge in [-0.3, -0.25) is 14.5 Å². The van der Waals surface area contributed by atoms with Gasteiger partial charge in [0.1, 0.15) is 0 Å². The van der Waals surface area contributed by atoms with Gasteiger partial charge in [0.05, 0.1) is 6.04 Å². The Labute approximate surface area is 199 Å². The van der Waals surface area contributed by atoms with E-state index in [9.17, 15) is 9.59 Å². The molecule has 0 bridgehead atoms. The van der Waals surface area contributed by atoms with Crippen LogP contribution in [0, 0.1) is 6.92 Å². The number of benzene rings is 2. The van der Waals surface area contributed by atoms with Gasteiger partial charge in [0, 0.05) is 34.5 Å². The van der Waals surface area contributed by atoms with Gasteiger partial charge in [-0.15, -0.1) is 11.3 Å². The molecule has 5 nitrogen and oxygen atoms in total. The molecule has 0 saturated carbocycles. The predicted octanol–water partition coefficient (Wildman–Crippen LogP) is 5.77. The van der Waals surface area contributed by atoms with E-state index in [0.717, 1.165) is 17.7 Å². The maximum absolute atomic E-state index is 13.0. The van der Waals surface area contributed by atoms with Crippen LogP contribution in [0.3, 0.4) is 0 Å². The summed E-state index contributed by atoms with van der Waals surface area (Å²) in [5.41, 5.74) is 4.29. The summed E-state index contributed by atoms with van der Waals surface area (Å²) in [6, 6.07) is 18.1. The zero-order chi connectivity index (χ0) is 23.4. The lowest BCUT2D eigenvalue weighted by Crippen LogP contribution is -2.27. The van der Waals surface area contributed by atoms with Crippen LogP contribution in [-0.2, 0) is 11.3 Å². The van der Waals surface area contributed by atoms with E-state index in [-0.39, 0.29) is 17.9 Å². The van der Waals surface area contributed by atoms with Crippen molar-refractivity contribution in [3.8, 4) is 10.4 Å². The second-order valence-electron chi connectivity index (χ2n) is 8.78. The summed E-state index contributed by atoms with van der Waals surface area (Å²) in [6.45, 7) is 8.79. The monoisotopic (exact) mass is 461 g/mol. The number of carbonyl (C=O) groups is 2. The molecule has 0 unspecified atom stereocenters. The number of nitrogens with one attached hydrogen (secondary N) is 2. The van der Waals surface area contributed by atoms with Crippen LogP contribution < -0.4 is 10.6 Å². The zero-order valence-electron chi connectivity index (χ0n) is 19.5. The number of likely N-dealkylation sites (tertiary alicyclic amines) is 1. The molecular formula is C27H31N3O2S. The van der Waals surface area contributed by atoms with Crippen LogP contribution in [0.15, 0.2) is 54.6 Å². The van der Waals surface area contributed by atoms with E-state index in [2.05, 4.69) is 45.9 Å². The van der Waals surface area contributed by atoms with Gasteiger partial charge in [-0.1, -0.05) is 24.3 Å². The molecular weight excluding hydrogens is 430 g/mol. The molecule has 1 aliphatic rings. The normalized spacial score (nSPS) is 14.8. The first kappa shape index (κ1) is 23.2. The van der Waals surface area contributed by atoms with Gasteiger partial charge in [0.2, 0.25) is 5.91 Å². The van der Waals surface area contributed by atoms with E-state index in [1.54, 1.807) is 12.1 Å². The zero-order valence-corrected chi connectivity index (χ0v) is 20.3. The molecule has 1 saturated heterocycles. The number of hydrogen-bond acceptors (Lipinski definition) is 4. The summed E-state index contributed by atoms with van der Waals surface area (Å²) < 4.78 is 0. The first-order chi connectivity index (χ1) is 15.9. The molecule has 0 spiro atoms. The van der Waals surface area contributed by atoms with Crippen LogP contribution in [-0.4, -0.2) is 29.8 Å². The Morgan fingerprint density at radius 1 is 1.06 bits per heavy atom. The van der Waals surface area contributed by atoms with Crippen LogP contribution >= 0.6 is 11.3 Å². The number of nitrogens with zero attached hydrogens (tertiary/aromatic N) is 1. The average molecular weight is 462 g/mol. The van der Waals surface area contributed by atoms with E-state index in [1.807, 2.05) is 37.3 Å². The first-order valence-corrected chi connectivity index (χ1v) is 12.3. The Morgan fingerprint density at radius 2 is 1.85 bits per heavy atom. The molecule has 1 fully saturated rings. The number of thiophene rings is 1. The van der Waals surface area contributed by atoms with Crippen molar-refractivity contribution < 1.29 is 9.59 Å². The molecule has 0 radical (unpaired) electrons. The summed E-state index contributed by atoms with van der Waals surface area (Å²) in [7, 11) is 0. The van der Waals surface area contributed by atoms with E-state index in [1.165, 1.54) is 48.2 Å². The van der Waals surface area contributed by atoms with Gasteiger partial charge in [-0.25, -0.2) is 0 Å². The van der Waals surface area contributed by atoms with Crippen molar-refractivity contribution in [1.82, 2.24) is 10.2 Å². The molecule has 0 aliphatic carbocycles. The Balaban J connectivity index is 1.46. The Bertz CT molecular complexity index is 1150. The van der Waals surface area contributed by atoms with Gasteiger partial charge in [-0.2, -0.15) is 0 Å². The number of carbonyl (C=O) groups excluding carboxylic acids is 2. The van der Waals surface area contributed by atoms with Crippen molar-refractivity contribution in [2.24, 2.45) is 0 Å². The van der Waals surface area contributed by atoms with Gasteiger partial charge < -0.3 is 10.6 Å². The van der Waals surface area contributed by atoms with Gasteiger partial charge in [-0.05, 0) is 86.8 Å². The number of aryl methyl sites for hydroxylation is 1. The fraction of sp³-hybridized carbons (Fsp3) is 0.333. The second-order valence-corrected chi connectivity index (χ2v) is 9.95. The smallest absolute Gasteiger partial charge is 0.252 e. The van der Waals surface area contributed by atoms with Crippen LogP contribution in [0.4, 0.5) is 5.69 Å². The van der Waals surface area contributed by atoms with E-state index < -0.39 is 0 Å². The Kier molecular flexibility index (Phi) is 7.26. The number of amides is 2. The van der Waals surface area contributed by atoms with Gasteiger partial charge >= 0.3 is 0 Å². The van der Waals surface area contributed by atoms with Crippen molar-refractivity contribution in [2.75, 3.05) is 18.4 Å². The topological polar surface area (TPSA) is 61.4 Å². The lowest BCUT2D eigenvalue weighted by Gasteiger charge is -2.17. The lowest BCUT2D eigenvalue weighted by atomic mass is 10.0. The molecule has 1 atom stereocenters. The molecule has 2 aromatic carbocycles.